The number of hydrogen-bond donors (Lipinski definition) is 4. The number of hydrogen-bond acceptors (Lipinski definition) is 6. The molecule has 0 saturated carbocycles. The topological polar surface area (TPSA) is 94.5 Å². The van der Waals surface area contributed by atoms with Gasteiger partial charge in [0.2, 0.25) is 0 Å². The van der Waals surface area contributed by atoms with Crippen molar-refractivity contribution in [2.45, 2.75) is 33.1 Å². The molecule has 2 aromatic carbocycles. The Bertz CT molecular complexity index is 976. The van der Waals surface area contributed by atoms with Gasteiger partial charge in [0.25, 0.3) is 0 Å². The quantitative estimate of drug-likeness (QED) is 0.155. The van der Waals surface area contributed by atoms with E-state index in [0.717, 1.165) is 24.4 Å². The van der Waals surface area contributed by atoms with Crippen molar-refractivity contribution < 1.29 is 14.9 Å². The van der Waals surface area contributed by atoms with Gasteiger partial charge in [0.1, 0.15) is 17.2 Å². The predicted molar refractivity (Wildman–Crippen MR) is 133 cm³/mol. The smallest absolute Gasteiger partial charge is 0.188 e. The third kappa shape index (κ3) is 5.19. The summed E-state index contributed by atoms with van der Waals surface area (Å²) in [6.45, 7) is 11.0. The number of ether oxygens (including phenoxy) is 1. The molecule has 0 aliphatic heterocycles. The Morgan fingerprint density at radius 1 is 1.23 bits per heavy atom. The van der Waals surface area contributed by atoms with Crippen LogP contribution < -0.4 is 20.4 Å². The summed E-state index contributed by atoms with van der Waals surface area (Å²) in [4.78, 5) is 3.73. The van der Waals surface area contributed by atoms with Gasteiger partial charge < -0.3 is 25.7 Å². The molecule has 0 atom stereocenters. The molecule has 0 fully saturated rings. The van der Waals surface area contributed by atoms with Crippen LogP contribution in [0.2, 0.25) is 0 Å². The monoisotopic (exact) mass is 444 g/mol. The van der Waals surface area contributed by atoms with Gasteiger partial charge in [-0.1, -0.05) is 27.4 Å². The van der Waals surface area contributed by atoms with Crippen LogP contribution in [0.4, 0.5) is 11.4 Å². The fourth-order valence-corrected chi connectivity index (χ4v) is 3.67. The summed E-state index contributed by atoms with van der Waals surface area (Å²) >= 11 is 4.44. The van der Waals surface area contributed by atoms with E-state index in [4.69, 9.17) is 10.6 Å². The molecular weight excluding hydrogens is 412 g/mol. The number of benzene rings is 2. The molecule has 0 aliphatic carbocycles. The lowest BCUT2D eigenvalue weighted by molar-refractivity contribution is 0.415. The van der Waals surface area contributed by atoms with Crippen LogP contribution in [-0.4, -0.2) is 36.1 Å². The molecule has 0 radical (unpaired) electrons. The maximum atomic E-state index is 10.5. The standard InChI is InChI=1S/C23H32N4O3S/c1-7-10-26(5)19-11-16(8-9-22(19)30-6)27(23(31)25-24)15(4)18-12-17(14(2)3)20(28)13-21(18)29/h8-9,11-14,28-29H,4,7,10,24H2,1-3,5-6H3,(H,25,31). The Hall–Kier alpha value is -3.00. The van der Waals surface area contributed by atoms with Gasteiger partial charge in [-0.25, -0.2) is 0 Å². The van der Waals surface area contributed by atoms with Gasteiger partial charge in [0, 0.05) is 25.2 Å². The van der Waals surface area contributed by atoms with E-state index >= 15 is 0 Å². The van der Waals surface area contributed by atoms with Crippen LogP contribution in [0.3, 0.4) is 0 Å². The Kier molecular flexibility index (Phi) is 8.10. The molecule has 0 unspecified atom stereocenters. The lowest BCUT2D eigenvalue weighted by Crippen LogP contribution is -2.27. The van der Waals surface area contributed by atoms with E-state index < -0.39 is 0 Å². The molecule has 31 heavy (non-hydrogen) atoms. The molecule has 2 aromatic rings. The second-order valence-corrected chi connectivity index (χ2v) is 7.97. The van der Waals surface area contributed by atoms with Gasteiger partial charge in [-0.05, 0) is 42.2 Å². The summed E-state index contributed by atoms with van der Waals surface area (Å²) in [6, 6.07) is 8.67. The van der Waals surface area contributed by atoms with Crippen molar-refractivity contribution in [2.75, 3.05) is 30.5 Å². The number of amidine groups is 1. The number of hydrazone groups is 1. The predicted octanol–water partition coefficient (Wildman–Crippen LogP) is 4.71. The highest BCUT2D eigenvalue weighted by atomic mass is 32.1. The van der Waals surface area contributed by atoms with Crippen molar-refractivity contribution in [1.82, 2.24) is 0 Å². The lowest BCUT2D eigenvalue weighted by atomic mass is 9.97. The van der Waals surface area contributed by atoms with Crippen molar-refractivity contribution >= 4 is 34.9 Å². The number of aromatic hydroxyl groups is 2. The third-order valence-electron chi connectivity index (χ3n) is 5.05. The minimum absolute atomic E-state index is 0.0297. The molecular formula is C23H32N4O3S. The van der Waals surface area contributed by atoms with Crippen LogP contribution in [0.25, 0.3) is 5.70 Å². The average Bonchev–Trinajstić information content (AvgIpc) is 2.73. The number of methoxy groups -OCH3 is 1. The lowest BCUT2D eigenvalue weighted by Gasteiger charge is -2.29. The minimum atomic E-state index is -0.105. The fourth-order valence-electron chi connectivity index (χ4n) is 3.43. The second kappa shape index (κ2) is 10.3. The van der Waals surface area contributed by atoms with E-state index in [9.17, 15) is 10.2 Å². The van der Waals surface area contributed by atoms with Crippen molar-refractivity contribution in [1.29, 1.82) is 0 Å². The Morgan fingerprint density at radius 2 is 1.90 bits per heavy atom. The first-order valence-electron chi connectivity index (χ1n) is 10.1. The first-order chi connectivity index (χ1) is 14.7. The first-order valence-corrected chi connectivity index (χ1v) is 10.5. The largest absolute Gasteiger partial charge is 0.508 e. The number of anilines is 2. The van der Waals surface area contributed by atoms with E-state index in [2.05, 4.69) is 36.1 Å². The molecule has 0 heterocycles. The number of nitrogens with zero attached hydrogens (tertiary/aromatic N) is 3. The van der Waals surface area contributed by atoms with Crippen LogP contribution in [0.5, 0.6) is 17.2 Å². The number of phenols is 2. The maximum absolute atomic E-state index is 10.5. The molecule has 4 N–H and O–H groups in total. The number of thiol groups is 1. The molecule has 7 nitrogen and oxygen atoms in total. The van der Waals surface area contributed by atoms with Gasteiger partial charge in [0.05, 0.1) is 24.2 Å². The summed E-state index contributed by atoms with van der Waals surface area (Å²) in [5, 5.41) is 24.7. The second-order valence-electron chi connectivity index (χ2n) is 7.57. The van der Waals surface area contributed by atoms with Crippen LogP contribution in [-0.2, 0) is 0 Å². The van der Waals surface area contributed by atoms with Crippen molar-refractivity contribution in [3.63, 3.8) is 0 Å². The highest BCUT2D eigenvalue weighted by molar-refractivity contribution is 7.97. The number of phenolic OH excluding ortho intramolecular Hbond substituents is 2. The van der Waals surface area contributed by atoms with Gasteiger partial charge in [-0.2, -0.15) is 5.10 Å². The number of rotatable bonds is 8. The highest BCUT2D eigenvalue weighted by Gasteiger charge is 2.22. The van der Waals surface area contributed by atoms with Crippen molar-refractivity contribution in [2.24, 2.45) is 10.9 Å². The summed E-state index contributed by atoms with van der Waals surface area (Å²) in [7, 11) is 3.62. The molecule has 8 heteroatoms. The Balaban J connectivity index is 2.64. The fraction of sp³-hybridized carbons (Fsp3) is 0.348. The van der Waals surface area contributed by atoms with Crippen LogP contribution in [0, 0.1) is 0 Å². The van der Waals surface area contributed by atoms with E-state index in [1.54, 1.807) is 18.1 Å². The molecule has 0 aliphatic rings. The molecule has 0 aromatic heterocycles. The summed E-state index contributed by atoms with van der Waals surface area (Å²) in [5.74, 6) is 6.26. The third-order valence-corrected chi connectivity index (χ3v) is 5.37. The van der Waals surface area contributed by atoms with E-state index in [-0.39, 0.29) is 22.6 Å². The summed E-state index contributed by atoms with van der Waals surface area (Å²) in [6.07, 6.45) is 0.974. The zero-order valence-corrected chi connectivity index (χ0v) is 19.6. The average molecular weight is 445 g/mol. The Morgan fingerprint density at radius 3 is 2.45 bits per heavy atom. The first kappa shape index (κ1) is 24.3. The minimum Gasteiger partial charge on any atom is -0.508 e. The zero-order valence-electron chi connectivity index (χ0n) is 18.8. The van der Waals surface area contributed by atoms with Crippen molar-refractivity contribution in [3.05, 3.63) is 48.0 Å². The highest BCUT2D eigenvalue weighted by Crippen LogP contribution is 2.40. The maximum Gasteiger partial charge on any atom is 0.188 e. The van der Waals surface area contributed by atoms with Gasteiger partial charge >= 0.3 is 0 Å². The zero-order chi connectivity index (χ0) is 23.3. The normalized spacial score (nSPS) is 11.5. The molecule has 0 spiro atoms. The van der Waals surface area contributed by atoms with Crippen LogP contribution >= 0.6 is 12.6 Å². The molecule has 2 rings (SSSR count). The van der Waals surface area contributed by atoms with Gasteiger partial charge in [0.15, 0.2) is 5.17 Å². The summed E-state index contributed by atoms with van der Waals surface area (Å²) < 4.78 is 5.53. The summed E-state index contributed by atoms with van der Waals surface area (Å²) in [5.41, 5.74) is 3.12. The van der Waals surface area contributed by atoms with Crippen LogP contribution in [0.1, 0.15) is 44.2 Å². The van der Waals surface area contributed by atoms with Gasteiger partial charge in [-0.3, -0.25) is 4.90 Å². The van der Waals surface area contributed by atoms with E-state index in [1.807, 2.05) is 39.1 Å². The Labute approximate surface area is 189 Å². The molecule has 0 saturated heterocycles. The SMILES string of the molecule is C=C(c1cc(C(C)C)c(O)cc1O)N(/C(S)=N\N)c1ccc(OC)c(N(C)CCC)c1. The molecule has 0 amide bonds. The number of nitrogens with two attached hydrogens (primary N) is 1. The molecule has 0 bridgehead atoms. The van der Waals surface area contributed by atoms with E-state index in [1.165, 1.54) is 6.07 Å². The van der Waals surface area contributed by atoms with Gasteiger partial charge in [-0.15, -0.1) is 12.6 Å². The van der Waals surface area contributed by atoms with Crippen LogP contribution in [0.15, 0.2) is 42.0 Å². The van der Waals surface area contributed by atoms with Crippen molar-refractivity contribution in [3.8, 4) is 17.2 Å². The van der Waals surface area contributed by atoms with E-state index in [0.29, 0.717) is 22.5 Å². The molecule has 168 valence electrons.